The van der Waals surface area contributed by atoms with Gasteiger partial charge in [0.2, 0.25) is 0 Å². The monoisotopic (exact) mass is 448 g/mol. The molecule has 0 aliphatic carbocycles. The van der Waals surface area contributed by atoms with E-state index in [-0.39, 0.29) is 17.7 Å². The molecule has 0 unspecified atom stereocenters. The highest BCUT2D eigenvalue weighted by atomic mass is 16.5. The topological polar surface area (TPSA) is 102 Å². The molecule has 0 bridgehead atoms. The van der Waals surface area contributed by atoms with Crippen molar-refractivity contribution in [1.29, 1.82) is 0 Å². The number of piperidine rings is 1. The van der Waals surface area contributed by atoms with Gasteiger partial charge in [0.05, 0.1) is 24.1 Å². The van der Waals surface area contributed by atoms with Gasteiger partial charge in [0.15, 0.2) is 0 Å². The smallest absolute Gasteiger partial charge is 0.274 e. The molecule has 3 heterocycles. The van der Waals surface area contributed by atoms with Crippen molar-refractivity contribution in [2.45, 2.75) is 39.2 Å². The van der Waals surface area contributed by atoms with Gasteiger partial charge in [0, 0.05) is 37.9 Å². The van der Waals surface area contributed by atoms with E-state index in [1.807, 2.05) is 37.1 Å². The zero-order valence-electron chi connectivity index (χ0n) is 19.1. The molecule has 1 fully saturated rings. The first-order valence-electron chi connectivity index (χ1n) is 11.1. The van der Waals surface area contributed by atoms with Gasteiger partial charge in [-0.3, -0.25) is 14.3 Å². The van der Waals surface area contributed by atoms with Gasteiger partial charge < -0.3 is 15.0 Å². The molecule has 2 aromatic heterocycles. The Balaban J connectivity index is 1.39. The lowest BCUT2D eigenvalue weighted by Gasteiger charge is -2.31. The third-order valence-electron chi connectivity index (χ3n) is 5.93. The number of hydrogen-bond acceptors (Lipinski definition) is 6. The van der Waals surface area contributed by atoms with Gasteiger partial charge in [-0.05, 0) is 44.9 Å². The summed E-state index contributed by atoms with van der Waals surface area (Å²) >= 11 is 0. The van der Waals surface area contributed by atoms with Crippen LogP contribution in [0.4, 0.5) is 5.69 Å². The summed E-state index contributed by atoms with van der Waals surface area (Å²) in [6.07, 6.45) is 4.94. The number of aromatic nitrogens is 4. The van der Waals surface area contributed by atoms with E-state index in [0.29, 0.717) is 47.3 Å². The van der Waals surface area contributed by atoms with Crippen LogP contribution in [0.2, 0.25) is 0 Å². The summed E-state index contributed by atoms with van der Waals surface area (Å²) in [5.74, 6) is 1.12. The standard InChI is InChI=1S/C24H28N6O3/c1-4-30-14-11-20(28-30)24(32)29-12-9-17(10-13-29)22-25-15-18(16(2)26-22)23(31)27-19-7-5-6-8-21(19)33-3/h5-8,11,14-15,17H,4,9-10,12-13H2,1-3H3,(H,27,31). The maximum atomic E-state index is 12.8. The fraction of sp³-hybridized carbons (Fsp3) is 0.375. The van der Waals surface area contributed by atoms with Gasteiger partial charge in [-0.2, -0.15) is 5.10 Å². The molecule has 0 saturated carbocycles. The molecule has 0 atom stereocenters. The lowest BCUT2D eigenvalue weighted by Crippen LogP contribution is -2.38. The van der Waals surface area contributed by atoms with E-state index in [0.717, 1.165) is 19.4 Å². The van der Waals surface area contributed by atoms with Crippen LogP contribution in [0.3, 0.4) is 0 Å². The Morgan fingerprint density at radius 1 is 1.18 bits per heavy atom. The van der Waals surface area contributed by atoms with Crippen molar-refractivity contribution in [3.8, 4) is 5.75 Å². The van der Waals surface area contributed by atoms with Crippen LogP contribution < -0.4 is 10.1 Å². The van der Waals surface area contributed by atoms with Gasteiger partial charge in [0.25, 0.3) is 11.8 Å². The number of benzene rings is 1. The van der Waals surface area contributed by atoms with Crippen LogP contribution in [0.15, 0.2) is 42.7 Å². The number of aryl methyl sites for hydroxylation is 2. The van der Waals surface area contributed by atoms with Crippen molar-refractivity contribution in [3.63, 3.8) is 0 Å². The molecule has 33 heavy (non-hydrogen) atoms. The van der Waals surface area contributed by atoms with Gasteiger partial charge in [-0.1, -0.05) is 12.1 Å². The normalized spacial score (nSPS) is 14.2. The average Bonchev–Trinajstić information content (AvgIpc) is 3.33. The summed E-state index contributed by atoms with van der Waals surface area (Å²) in [5.41, 5.74) is 2.11. The number of methoxy groups -OCH3 is 1. The fourth-order valence-corrected chi connectivity index (χ4v) is 4.00. The molecule has 9 nitrogen and oxygen atoms in total. The molecule has 1 N–H and O–H groups in total. The zero-order valence-corrected chi connectivity index (χ0v) is 19.1. The Morgan fingerprint density at radius 3 is 2.61 bits per heavy atom. The highest BCUT2D eigenvalue weighted by Gasteiger charge is 2.27. The second-order valence-electron chi connectivity index (χ2n) is 8.00. The highest BCUT2D eigenvalue weighted by Crippen LogP contribution is 2.27. The van der Waals surface area contributed by atoms with Crippen LogP contribution in [-0.2, 0) is 6.54 Å². The molecule has 9 heteroatoms. The SMILES string of the molecule is CCn1ccc(C(=O)N2CCC(c3ncc(C(=O)Nc4ccccc4OC)c(C)n3)CC2)n1. The van der Waals surface area contributed by atoms with E-state index in [2.05, 4.69) is 20.4 Å². The third-order valence-corrected chi connectivity index (χ3v) is 5.93. The Hall–Kier alpha value is -3.75. The summed E-state index contributed by atoms with van der Waals surface area (Å²) in [4.78, 5) is 36.4. The van der Waals surface area contributed by atoms with Crippen molar-refractivity contribution in [2.75, 3.05) is 25.5 Å². The molecule has 3 aromatic rings. The number of para-hydroxylation sites is 2. The van der Waals surface area contributed by atoms with Crippen LogP contribution in [0.1, 0.15) is 58.0 Å². The molecule has 0 radical (unpaired) electrons. The van der Waals surface area contributed by atoms with Gasteiger partial charge in [0.1, 0.15) is 17.3 Å². The number of carbonyl (C=O) groups excluding carboxylic acids is 2. The minimum absolute atomic E-state index is 0.0406. The van der Waals surface area contributed by atoms with E-state index in [1.165, 1.54) is 0 Å². The number of ether oxygens (including phenoxy) is 1. The van der Waals surface area contributed by atoms with Crippen molar-refractivity contribution >= 4 is 17.5 Å². The number of rotatable bonds is 6. The summed E-state index contributed by atoms with van der Waals surface area (Å²) in [7, 11) is 1.56. The first-order valence-corrected chi connectivity index (χ1v) is 11.1. The van der Waals surface area contributed by atoms with E-state index in [9.17, 15) is 9.59 Å². The van der Waals surface area contributed by atoms with E-state index in [1.54, 1.807) is 36.2 Å². The second kappa shape index (κ2) is 9.81. The van der Waals surface area contributed by atoms with Crippen molar-refractivity contribution < 1.29 is 14.3 Å². The lowest BCUT2D eigenvalue weighted by molar-refractivity contribution is 0.0703. The maximum Gasteiger partial charge on any atom is 0.274 e. The molecule has 4 rings (SSSR count). The number of anilines is 1. The number of hydrogen-bond donors (Lipinski definition) is 1. The largest absolute Gasteiger partial charge is 0.495 e. The molecule has 1 aliphatic heterocycles. The number of nitrogens with one attached hydrogen (secondary N) is 1. The maximum absolute atomic E-state index is 12.8. The van der Waals surface area contributed by atoms with Crippen LogP contribution in [-0.4, -0.2) is 56.7 Å². The van der Waals surface area contributed by atoms with Gasteiger partial charge >= 0.3 is 0 Å². The summed E-state index contributed by atoms with van der Waals surface area (Å²) in [6, 6.07) is 9.00. The quantitative estimate of drug-likeness (QED) is 0.621. The average molecular weight is 449 g/mol. The van der Waals surface area contributed by atoms with Crippen molar-refractivity contribution in [2.24, 2.45) is 0 Å². The number of carbonyl (C=O) groups is 2. The summed E-state index contributed by atoms with van der Waals surface area (Å²) in [6.45, 7) is 5.79. The molecule has 0 spiro atoms. The van der Waals surface area contributed by atoms with E-state index in [4.69, 9.17) is 4.74 Å². The Labute approximate surface area is 192 Å². The predicted octanol–water partition coefficient (Wildman–Crippen LogP) is 3.28. The Morgan fingerprint density at radius 2 is 1.94 bits per heavy atom. The molecule has 1 aliphatic rings. The van der Waals surface area contributed by atoms with Crippen LogP contribution >= 0.6 is 0 Å². The molecule has 2 amide bonds. The Bertz CT molecular complexity index is 1150. The number of likely N-dealkylation sites (tertiary alicyclic amines) is 1. The highest BCUT2D eigenvalue weighted by molar-refractivity contribution is 6.05. The zero-order chi connectivity index (χ0) is 23.4. The molecular weight excluding hydrogens is 420 g/mol. The molecule has 1 saturated heterocycles. The number of nitrogens with zero attached hydrogens (tertiary/aromatic N) is 5. The van der Waals surface area contributed by atoms with Crippen LogP contribution in [0, 0.1) is 6.92 Å². The van der Waals surface area contributed by atoms with E-state index < -0.39 is 0 Å². The predicted molar refractivity (Wildman–Crippen MR) is 123 cm³/mol. The van der Waals surface area contributed by atoms with Crippen molar-refractivity contribution in [3.05, 3.63) is 65.5 Å². The van der Waals surface area contributed by atoms with Gasteiger partial charge in [-0.25, -0.2) is 9.97 Å². The summed E-state index contributed by atoms with van der Waals surface area (Å²) < 4.78 is 7.04. The van der Waals surface area contributed by atoms with Gasteiger partial charge in [-0.15, -0.1) is 0 Å². The molecule has 1 aromatic carbocycles. The third kappa shape index (κ3) is 4.87. The summed E-state index contributed by atoms with van der Waals surface area (Å²) in [5, 5.41) is 7.18. The van der Waals surface area contributed by atoms with E-state index >= 15 is 0 Å². The van der Waals surface area contributed by atoms with Crippen LogP contribution in [0.25, 0.3) is 0 Å². The number of amides is 2. The lowest BCUT2D eigenvalue weighted by atomic mass is 9.95. The first kappa shape index (κ1) is 22.4. The minimum atomic E-state index is -0.282. The fourth-order valence-electron chi connectivity index (χ4n) is 4.00. The first-order chi connectivity index (χ1) is 16.0. The molecule has 172 valence electrons. The van der Waals surface area contributed by atoms with Crippen molar-refractivity contribution in [1.82, 2.24) is 24.6 Å². The van der Waals surface area contributed by atoms with Crippen LogP contribution in [0.5, 0.6) is 5.75 Å². The minimum Gasteiger partial charge on any atom is -0.495 e. The molecular formula is C24H28N6O3. The Kier molecular flexibility index (Phi) is 6.67. The second-order valence-corrected chi connectivity index (χ2v) is 8.00.